The van der Waals surface area contributed by atoms with Crippen LogP contribution in [0.2, 0.25) is 0 Å². The van der Waals surface area contributed by atoms with Crippen LogP contribution in [-0.2, 0) is 17.9 Å². The SMILES string of the molecule is CC(C)OCc1nc(C(C)NC(=O)NCc2ccc(C(=O)O)cc2)no1. The van der Waals surface area contributed by atoms with Crippen molar-refractivity contribution in [3.05, 3.63) is 47.1 Å². The zero-order valence-corrected chi connectivity index (χ0v) is 14.9. The number of nitrogens with zero attached hydrogens (tertiary/aromatic N) is 2. The van der Waals surface area contributed by atoms with Crippen LogP contribution in [0.5, 0.6) is 0 Å². The molecular formula is C17H22N4O5. The molecule has 140 valence electrons. The van der Waals surface area contributed by atoms with E-state index in [1.807, 2.05) is 13.8 Å². The summed E-state index contributed by atoms with van der Waals surface area (Å²) in [5, 5.41) is 18.1. The lowest BCUT2D eigenvalue weighted by Crippen LogP contribution is -2.37. The highest BCUT2D eigenvalue weighted by Crippen LogP contribution is 2.10. The maximum Gasteiger partial charge on any atom is 0.335 e. The van der Waals surface area contributed by atoms with Crippen molar-refractivity contribution >= 4 is 12.0 Å². The standard InChI is InChI=1S/C17H22N4O5/c1-10(2)25-9-14-20-15(21-26-14)11(3)19-17(24)18-8-12-4-6-13(7-5-12)16(22)23/h4-7,10-11H,8-9H2,1-3H3,(H,22,23)(H2,18,19,24). The molecule has 2 amide bonds. The van der Waals surface area contributed by atoms with Crippen LogP contribution >= 0.6 is 0 Å². The molecule has 1 aromatic heterocycles. The number of nitrogens with one attached hydrogen (secondary N) is 2. The minimum atomic E-state index is -0.991. The van der Waals surface area contributed by atoms with Crippen LogP contribution in [0.1, 0.15) is 54.4 Å². The molecule has 3 N–H and O–H groups in total. The van der Waals surface area contributed by atoms with Crippen molar-refractivity contribution < 1.29 is 24.0 Å². The minimum Gasteiger partial charge on any atom is -0.478 e. The third-order valence-electron chi connectivity index (χ3n) is 3.41. The Bertz CT molecular complexity index is 742. The van der Waals surface area contributed by atoms with E-state index in [9.17, 15) is 9.59 Å². The fourth-order valence-electron chi connectivity index (χ4n) is 2.00. The number of hydrogen-bond donors (Lipinski definition) is 3. The van der Waals surface area contributed by atoms with Gasteiger partial charge >= 0.3 is 12.0 Å². The second-order valence-corrected chi connectivity index (χ2v) is 5.96. The summed E-state index contributed by atoms with van der Waals surface area (Å²) in [5.74, 6) is -0.288. The third kappa shape index (κ3) is 5.85. The number of aromatic nitrogens is 2. The number of benzene rings is 1. The molecule has 0 aliphatic carbocycles. The number of aromatic carboxylic acids is 1. The van der Waals surface area contributed by atoms with E-state index in [0.717, 1.165) is 5.56 Å². The number of carbonyl (C=O) groups is 2. The maximum atomic E-state index is 12.0. The van der Waals surface area contributed by atoms with Crippen molar-refractivity contribution in [2.75, 3.05) is 0 Å². The molecule has 9 nitrogen and oxygen atoms in total. The van der Waals surface area contributed by atoms with E-state index in [1.165, 1.54) is 12.1 Å². The third-order valence-corrected chi connectivity index (χ3v) is 3.41. The Kier molecular flexibility index (Phi) is 6.67. The van der Waals surface area contributed by atoms with Gasteiger partial charge in [0.2, 0.25) is 0 Å². The first-order valence-electron chi connectivity index (χ1n) is 8.16. The molecule has 0 saturated heterocycles. The van der Waals surface area contributed by atoms with Gasteiger partial charge in [0.25, 0.3) is 5.89 Å². The molecule has 2 rings (SSSR count). The van der Waals surface area contributed by atoms with Crippen molar-refractivity contribution in [3.63, 3.8) is 0 Å². The van der Waals surface area contributed by atoms with Gasteiger partial charge in [-0.05, 0) is 38.5 Å². The smallest absolute Gasteiger partial charge is 0.335 e. The van der Waals surface area contributed by atoms with Crippen LogP contribution in [0, 0.1) is 0 Å². The summed E-state index contributed by atoms with van der Waals surface area (Å²) in [7, 11) is 0. The van der Waals surface area contributed by atoms with Crippen molar-refractivity contribution in [1.29, 1.82) is 0 Å². The second-order valence-electron chi connectivity index (χ2n) is 5.96. The highest BCUT2D eigenvalue weighted by molar-refractivity contribution is 5.87. The van der Waals surface area contributed by atoms with Crippen LogP contribution in [0.3, 0.4) is 0 Å². The van der Waals surface area contributed by atoms with Gasteiger partial charge in [-0.1, -0.05) is 17.3 Å². The molecule has 26 heavy (non-hydrogen) atoms. The first kappa shape index (κ1) is 19.4. The minimum absolute atomic E-state index is 0.0521. The normalized spacial score (nSPS) is 12.0. The van der Waals surface area contributed by atoms with E-state index in [1.54, 1.807) is 19.1 Å². The van der Waals surface area contributed by atoms with Gasteiger partial charge in [0.05, 0.1) is 17.7 Å². The molecule has 0 spiro atoms. The molecule has 1 unspecified atom stereocenters. The lowest BCUT2D eigenvalue weighted by atomic mass is 10.1. The number of amides is 2. The molecule has 1 aromatic carbocycles. The molecule has 2 aromatic rings. The quantitative estimate of drug-likeness (QED) is 0.657. The van der Waals surface area contributed by atoms with E-state index >= 15 is 0 Å². The van der Waals surface area contributed by atoms with Gasteiger partial charge in [-0.15, -0.1) is 0 Å². The number of rotatable bonds is 8. The van der Waals surface area contributed by atoms with E-state index in [2.05, 4.69) is 20.8 Å². The number of carboxylic acids is 1. The largest absolute Gasteiger partial charge is 0.478 e. The molecule has 9 heteroatoms. The Balaban J connectivity index is 1.80. The van der Waals surface area contributed by atoms with Gasteiger partial charge in [0.1, 0.15) is 6.61 Å². The van der Waals surface area contributed by atoms with Crippen LogP contribution < -0.4 is 10.6 Å². The monoisotopic (exact) mass is 362 g/mol. The predicted molar refractivity (Wildman–Crippen MR) is 91.4 cm³/mol. The molecule has 0 saturated carbocycles. The Hall–Kier alpha value is -2.94. The lowest BCUT2D eigenvalue weighted by molar-refractivity contribution is 0.0485. The fourth-order valence-corrected chi connectivity index (χ4v) is 2.00. The second kappa shape index (κ2) is 8.95. The number of carboxylic acid groups (broad SMARTS) is 1. The average molecular weight is 362 g/mol. The summed E-state index contributed by atoms with van der Waals surface area (Å²) in [4.78, 5) is 27.0. The Morgan fingerprint density at radius 3 is 2.54 bits per heavy atom. The van der Waals surface area contributed by atoms with Crippen LogP contribution in [0.25, 0.3) is 0 Å². The zero-order valence-electron chi connectivity index (χ0n) is 14.9. The van der Waals surface area contributed by atoms with Gasteiger partial charge < -0.3 is 25.0 Å². The highest BCUT2D eigenvalue weighted by atomic mass is 16.5. The number of urea groups is 1. The van der Waals surface area contributed by atoms with Crippen LogP contribution in [0.4, 0.5) is 4.79 Å². The zero-order chi connectivity index (χ0) is 19.1. The molecule has 0 fully saturated rings. The van der Waals surface area contributed by atoms with Crippen molar-refractivity contribution in [1.82, 2.24) is 20.8 Å². The van der Waals surface area contributed by atoms with Gasteiger partial charge in [-0.3, -0.25) is 0 Å². The number of carbonyl (C=O) groups excluding carboxylic acids is 1. The van der Waals surface area contributed by atoms with E-state index in [-0.39, 0.29) is 24.8 Å². The van der Waals surface area contributed by atoms with E-state index in [4.69, 9.17) is 14.4 Å². The first-order chi connectivity index (χ1) is 12.3. The summed E-state index contributed by atoms with van der Waals surface area (Å²) < 4.78 is 10.5. The molecular weight excluding hydrogens is 340 g/mol. The van der Waals surface area contributed by atoms with Gasteiger partial charge in [-0.25, -0.2) is 9.59 Å². The predicted octanol–water partition coefficient (Wildman–Crippen LogP) is 2.25. The highest BCUT2D eigenvalue weighted by Gasteiger charge is 2.16. The lowest BCUT2D eigenvalue weighted by Gasteiger charge is -2.11. The first-order valence-corrected chi connectivity index (χ1v) is 8.16. The average Bonchev–Trinajstić information content (AvgIpc) is 3.07. The van der Waals surface area contributed by atoms with Gasteiger partial charge in [0, 0.05) is 6.54 Å². The van der Waals surface area contributed by atoms with Gasteiger partial charge in [-0.2, -0.15) is 4.98 Å². The molecule has 0 aliphatic heterocycles. The summed E-state index contributed by atoms with van der Waals surface area (Å²) in [6.07, 6.45) is 0.0521. The van der Waals surface area contributed by atoms with E-state index in [0.29, 0.717) is 11.7 Å². The summed E-state index contributed by atoms with van der Waals surface area (Å²) in [5.41, 5.74) is 0.978. The van der Waals surface area contributed by atoms with Crippen molar-refractivity contribution in [2.24, 2.45) is 0 Å². The topological polar surface area (TPSA) is 127 Å². The van der Waals surface area contributed by atoms with Gasteiger partial charge in [0.15, 0.2) is 5.82 Å². The molecule has 1 atom stereocenters. The maximum absolute atomic E-state index is 12.0. The number of hydrogen-bond acceptors (Lipinski definition) is 6. The fraction of sp³-hybridized carbons (Fsp3) is 0.412. The molecule has 1 heterocycles. The van der Waals surface area contributed by atoms with Crippen molar-refractivity contribution in [3.8, 4) is 0 Å². The Morgan fingerprint density at radius 2 is 1.92 bits per heavy atom. The van der Waals surface area contributed by atoms with E-state index < -0.39 is 18.0 Å². The summed E-state index contributed by atoms with van der Waals surface area (Å²) in [6.45, 7) is 6.02. The molecule has 0 radical (unpaired) electrons. The molecule has 0 aliphatic rings. The summed E-state index contributed by atoms with van der Waals surface area (Å²) in [6, 6.07) is 5.42. The number of ether oxygens (including phenoxy) is 1. The Morgan fingerprint density at radius 1 is 1.23 bits per heavy atom. The molecule has 0 bridgehead atoms. The summed E-state index contributed by atoms with van der Waals surface area (Å²) >= 11 is 0. The van der Waals surface area contributed by atoms with Crippen LogP contribution in [-0.4, -0.2) is 33.4 Å². The Labute approximate surface area is 150 Å². The van der Waals surface area contributed by atoms with Crippen molar-refractivity contribution in [2.45, 2.75) is 46.1 Å². The van der Waals surface area contributed by atoms with Crippen LogP contribution in [0.15, 0.2) is 28.8 Å².